The highest BCUT2D eigenvalue weighted by molar-refractivity contribution is 5.04. The molecular formula is C10H16O. The zero-order valence-electron chi connectivity index (χ0n) is 7.14. The van der Waals surface area contributed by atoms with Gasteiger partial charge in [-0.3, -0.25) is 0 Å². The fraction of sp³-hybridized carbons (Fsp3) is 0.700. The summed E-state index contributed by atoms with van der Waals surface area (Å²) in [4.78, 5) is 0. The molecule has 1 aliphatic carbocycles. The minimum atomic E-state index is -0.343. The molecule has 1 nitrogen and oxygen atoms in total. The molecule has 1 saturated carbocycles. The van der Waals surface area contributed by atoms with Crippen molar-refractivity contribution in [3.8, 4) is 0 Å². The van der Waals surface area contributed by atoms with Gasteiger partial charge in [0.1, 0.15) is 0 Å². The van der Waals surface area contributed by atoms with Crippen LogP contribution in [0.15, 0.2) is 17.4 Å². The molecule has 0 aromatic carbocycles. The Balaban J connectivity index is 2.49. The van der Waals surface area contributed by atoms with E-state index in [1.54, 1.807) is 13.0 Å². The van der Waals surface area contributed by atoms with Crippen LogP contribution >= 0.6 is 0 Å². The standard InChI is InChI=1S/C10H16O/c1-9(11)7-8-10-5-3-2-4-6-10/h7,9,11H,2-6H2,1H3. The monoisotopic (exact) mass is 152 g/mol. The van der Waals surface area contributed by atoms with Crippen LogP contribution in [0.25, 0.3) is 0 Å². The quantitative estimate of drug-likeness (QED) is 0.572. The summed E-state index contributed by atoms with van der Waals surface area (Å²) >= 11 is 0. The molecule has 1 atom stereocenters. The molecule has 0 saturated heterocycles. The molecule has 1 rings (SSSR count). The van der Waals surface area contributed by atoms with Crippen LogP contribution in [-0.4, -0.2) is 11.2 Å². The van der Waals surface area contributed by atoms with Gasteiger partial charge in [-0.05, 0) is 44.3 Å². The average Bonchev–Trinajstić information content (AvgIpc) is 2.03. The first-order chi connectivity index (χ1) is 5.29. The van der Waals surface area contributed by atoms with Gasteiger partial charge in [0.05, 0.1) is 6.10 Å². The summed E-state index contributed by atoms with van der Waals surface area (Å²) in [5.74, 6) is 0. The van der Waals surface area contributed by atoms with Crippen LogP contribution in [0.4, 0.5) is 0 Å². The predicted octanol–water partition coefficient (Wildman–Crippen LogP) is 2.41. The zero-order valence-corrected chi connectivity index (χ0v) is 7.14. The molecule has 0 aliphatic heterocycles. The fourth-order valence-electron chi connectivity index (χ4n) is 1.36. The highest BCUT2D eigenvalue weighted by atomic mass is 16.3. The molecule has 0 bridgehead atoms. The lowest BCUT2D eigenvalue weighted by atomic mass is 9.95. The van der Waals surface area contributed by atoms with Crippen LogP contribution in [0.3, 0.4) is 0 Å². The van der Waals surface area contributed by atoms with Crippen molar-refractivity contribution in [2.75, 3.05) is 0 Å². The van der Waals surface area contributed by atoms with Crippen LogP contribution in [0.5, 0.6) is 0 Å². The molecule has 1 unspecified atom stereocenters. The molecule has 0 heterocycles. The van der Waals surface area contributed by atoms with Gasteiger partial charge in [0, 0.05) is 0 Å². The van der Waals surface area contributed by atoms with E-state index in [4.69, 9.17) is 5.11 Å². The molecular weight excluding hydrogens is 136 g/mol. The number of aliphatic hydroxyl groups excluding tert-OH is 1. The molecule has 1 N–H and O–H groups in total. The molecule has 0 aromatic heterocycles. The highest BCUT2D eigenvalue weighted by Crippen LogP contribution is 2.21. The Hall–Kier alpha value is -0.520. The Labute approximate surface area is 68.4 Å². The number of hydrogen-bond donors (Lipinski definition) is 1. The third-order valence-electron chi connectivity index (χ3n) is 1.99. The first-order valence-electron chi connectivity index (χ1n) is 4.41. The normalized spacial score (nSPS) is 20.7. The van der Waals surface area contributed by atoms with Crippen molar-refractivity contribution in [2.24, 2.45) is 0 Å². The largest absolute Gasteiger partial charge is 0.389 e. The first-order valence-corrected chi connectivity index (χ1v) is 4.41. The summed E-state index contributed by atoms with van der Waals surface area (Å²) in [7, 11) is 0. The Morgan fingerprint density at radius 2 is 2.00 bits per heavy atom. The van der Waals surface area contributed by atoms with Gasteiger partial charge < -0.3 is 5.11 Å². The van der Waals surface area contributed by atoms with Crippen molar-refractivity contribution < 1.29 is 5.11 Å². The third kappa shape index (κ3) is 3.41. The van der Waals surface area contributed by atoms with Gasteiger partial charge in [-0.15, -0.1) is 5.73 Å². The molecule has 1 aliphatic rings. The maximum atomic E-state index is 8.95. The molecule has 1 fully saturated rings. The molecule has 11 heavy (non-hydrogen) atoms. The van der Waals surface area contributed by atoms with Gasteiger partial charge in [0.25, 0.3) is 0 Å². The van der Waals surface area contributed by atoms with E-state index in [9.17, 15) is 0 Å². The van der Waals surface area contributed by atoms with Gasteiger partial charge >= 0.3 is 0 Å². The lowest BCUT2D eigenvalue weighted by Gasteiger charge is -2.10. The Kier molecular flexibility index (Phi) is 3.41. The third-order valence-corrected chi connectivity index (χ3v) is 1.99. The lowest BCUT2D eigenvalue weighted by molar-refractivity contribution is 0.244. The van der Waals surface area contributed by atoms with Crippen LogP contribution < -0.4 is 0 Å². The maximum Gasteiger partial charge on any atom is 0.0766 e. The summed E-state index contributed by atoms with van der Waals surface area (Å²) in [5.41, 5.74) is 4.55. The van der Waals surface area contributed by atoms with Crippen molar-refractivity contribution in [3.63, 3.8) is 0 Å². The molecule has 1 heteroatoms. The summed E-state index contributed by atoms with van der Waals surface area (Å²) in [5, 5.41) is 8.95. The number of aliphatic hydroxyl groups is 1. The van der Waals surface area contributed by atoms with Crippen molar-refractivity contribution in [2.45, 2.75) is 45.1 Å². The van der Waals surface area contributed by atoms with E-state index in [0.717, 1.165) is 0 Å². The topological polar surface area (TPSA) is 20.2 Å². The van der Waals surface area contributed by atoms with E-state index in [0.29, 0.717) is 0 Å². The van der Waals surface area contributed by atoms with Crippen molar-refractivity contribution in [1.29, 1.82) is 0 Å². The minimum Gasteiger partial charge on any atom is -0.389 e. The van der Waals surface area contributed by atoms with E-state index in [1.807, 2.05) is 0 Å². The van der Waals surface area contributed by atoms with Crippen LogP contribution in [0.1, 0.15) is 39.0 Å². The maximum absolute atomic E-state index is 8.95. The van der Waals surface area contributed by atoms with E-state index >= 15 is 0 Å². The SMILES string of the molecule is CC(O)C=C=C1CCCCC1. The predicted molar refractivity (Wildman–Crippen MR) is 46.4 cm³/mol. The molecule has 62 valence electrons. The van der Waals surface area contributed by atoms with E-state index in [2.05, 4.69) is 5.73 Å². The Bertz CT molecular complexity index is 165. The van der Waals surface area contributed by atoms with E-state index in [-0.39, 0.29) is 6.10 Å². The average molecular weight is 152 g/mol. The van der Waals surface area contributed by atoms with Crippen LogP contribution in [0, 0.1) is 0 Å². The summed E-state index contributed by atoms with van der Waals surface area (Å²) in [6.07, 6.45) is 7.74. The highest BCUT2D eigenvalue weighted by Gasteiger charge is 2.03. The van der Waals surface area contributed by atoms with Gasteiger partial charge in [-0.25, -0.2) is 0 Å². The second-order valence-electron chi connectivity index (χ2n) is 3.22. The first kappa shape index (κ1) is 8.58. The van der Waals surface area contributed by atoms with Gasteiger partial charge in [0.15, 0.2) is 0 Å². The number of rotatable bonds is 1. The molecule has 0 aromatic rings. The van der Waals surface area contributed by atoms with Crippen molar-refractivity contribution >= 4 is 0 Å². The van der Waals surface area contributed by atoms with Gasteiger partial charge in [0.2, 0.25) is 0 Å². The Morgan fingerprint density at radius 3 is 2.55 bits per heavy atom. The fourth-order valence-corrected chi connectivity index (χ4v) is 1.36. The van der Waals surface area contributed by atoms with E-state index in [1.165, 1.54) is 37.7 Å². The van der Waals surface area contributed by atoms with E-state index < -0.39 is 0 Å². The van der Waals surface area contributed by atoms with Crippen LogP contribution in [0.2, 0.25) is 0 Å². The van der Waals surface area contributed by atoms with Crippen LogP contribution in [-0.2, 0) is 0 Å². The summed E-state index contributed by atoms with van der Waals surface area (Å²) in [6, 6.07) is 0. The van der Waals surface area contributed by atoms with Gasteiger partial charge in [-0.2, -0.15) is 0 Å². The zero-order chi connectivity index (χ0) is 8.10. The van der Waals surface area contributed by atoms with Crippen molar-refractivity contribution in [3.05, 3.63) is 17.4 Å². The number of hydrogen-bond acceptors (Lipinski definition) is 1. The smallest absolute Gasteiger partial charge is 0.0766 e. The second-order valence-corrected chi connectivity index (χ2v) is 3.22. The van der Waals surface area contributed by atoms with Gasteiger partial charge in [-0.1, -0.05) is 6.42 Å². The summed E-state index contributed by atoms with van der Waals surface area (Å²) < 4.78 is 0. The molecule has 0 radical (unpaired) electrons. The Morgan fingerprint density at radius 1 is 1.36 bits per heavy atom. The molecule has 0 spiro atoms. The molecule has 0 amide bonds. The lowest BCUT2D eigenvalue weighted by Crippen LogP contribution is -1.94. The second kappa shape index (κ2) is 4.38. The summed E-state index contributed by atoms with van der Waals surface area (Å²) in [6.45, 7) is 1.76. The van der Waals surface area contributed by atoms with Crippen molar-refractivity contribution in [1.82, 2.24) is 0 Å². The minimum absolute atomic E-state index is 0.343.